The van der Waals surface area contributed by atoms with E-state index in [9.17, 15) is 28.4 Å². The zero-order chi connectivity index (χ0) is 34.7. The lowest BCUT2D eigenvalue weighted by Crippen LogP contribution is -2.61. The van der Waals surface area contributed by atoms with E-state index in [1.165, 1.54) is 33.4 Å². The first-order valence-electron chi connectivity index (χ1n) is 15.5. The largest absolute Gasteiger partial charge is 0.368 e. The standard InChI is InChI=1S/C32H36FN9O6/c1-18(2)42-26-9-8-22(12-24(26)29(45)41(32(42)47)15-20-4-5-20)36-30(46)39-10-11-40(27(16-39)19(3)43)31(48-17-28(35)44)38-37-23-7-6-21(14-34)25(33)13-23/h6-9,12-13,18,20,27,31H,4-5,10-11,15-17H2,1-3H3,(H2,35,44)(H,36,46)/b38-37+. The first-order chi connectivity index (χ1) is 22.9. The Kier molecular flexibility index (Phi) is 10.1. The number of carbonyl (C=O) groups is 3. The number of nitrogens with two attached hydrogens (primary N) is 1. The summed E-state index contributed by atoms with van der Waals surface area (Å²) < 4.78 is 22.5. The second kappa shape index (κ2) is 14.2. The molecule has 3 amide bonds. The van der Waals surface area contributed by atoms with Crippen molar-refractivity contribution < 1.29 is 23.5 Å². The van der Waals surface area contributed by atoms with Gasteiger partial charge in [0.05, 0.1) is 28.2 Å². The summed E-state index contributed by atoms with van der Waals surface area (Å²) in [7, 11) is 0. The van der Waals surface area contributed by atoms with Crippen LogP contribution < -0.4 is 22.3 Å². The summed E-state index contributed by atoms with van der Waals surface area (Å²) in [6, 6.07) is 8.48. The van der Waals surface area contributed by atoms with Crippen LogP contribution in [-0.4, -0.2) is 75.3 Å². The minimum absolute atomic E-state index is 0.0663. The highest BCUT2D eigenvalue weighted by Gasteiger charge is 2.37. The molecule has 252 valence electrons. The number of carbonyl (C=O) groups excluding carboxylic acids is 3. The van der Waals surface area contributed by atoms with Crippen LogP contribution in [-0.2, 0) is 20.9 Å². The highest BCUT2D eigenvalue weighted by atomic mass is 19.1. The van der Waals surface area contributed by atoms with Gasteiger partial charge in [0.15, 0.2) is 0 Å². The highest BCUT2D eigenvalue weighted by molar-refractivity contribution is 5.93. The first kappa shape index (κ1) is 34.1. The molecule has 1 saturated heterocycles. The van der Waals surface area contributed by atoms with Crippen LogP contribution in [0.5, 0.6) is 0 Å². The number of urea groups is 1. The van der Waals surface area contributed by atoms with E-state index in [1.54, 1.807) is 28.8 Å². The number of primary amides is 1. The number of azo groups is 1. The molecule has 16 heteroatoms. The fourth-order valence-electron chi connectivity index (χ4n) is 5.61. The number of aromatic nitrogens is 2. The summed E-state index contributed by atoms with van der Waals surface area (Å²) in [5.74, 6) is -1.62. The number of nitriles is 1. The van der Waals surface area contributed by atoms with Crippen molar-refractivity contribution in [2.45, 2.75) is 58.6 Å². The summed E-state index contributed by atoms with van der Waals surface area (Å²) in [5.41, 5.74) is 5.18. The average Bonchev–Trinajstić information content (AvgIpc) is 3.87. The molecule has 3 aromatic rings. The van der Waals surface area contributed by atoms with Gasteiger partial charge in [0.25, 0.3) is 5.56 Å². The average molecular weight is 662 g/mol. The predicted molar refractivity (Wildman–Crippen MR) is 172 cm³/mol. The molecular formula is C32H36FN9O6. The van der Waals surface area contributed by atoms with Crippen molar-refractivity contribution in [2.24, 2.45) is 21.9 Å². The summed E-state index contributed by atoms with van der Waals surface area (Å²) in [5, 5.41) is 20.1. The van der Waals surface area contributed by atoms with E-state index in [4.69, 9.17) is 15.7 Å². The fraction of sp³-hybridized carbons (Fsp3) is 0.438. The van der Waals surface area contributed by atoms with Crippen LogP contribution in [0.2, 0.25) is 0 Å². The molecule has 1 saturated carbocycles. The van der Waals surface area contributed by atoms with Gasteiger partial charge in [0.1, 0.15) is 24.3 Å². The van der Waals surface area contributed by atoms with Crippen molar-refractivity contribution in [3.05, 3.63) is 68.6 Å². The Morgan fingerprint density at radius 3 is 2.52 bits per heavy atom. The smallest absolute Gasteiger partial charge is 0.331 e. The lowest BCUT2D eigenvalue weighted by molar-refractivity contribution is -0.142. The number of nitrogens with zero attached hydrogens (tertiary/aromatic N) is 7. The molecule has 2 unspecified atom stereocenters. The molecule has 2 fully saturated rings. The van der Waals surface area contributed by atoms with Crippen molar-refractivity contribution in [1.29, 1.82) is 5.26 Å². The van der Waals surface area contributed by atoms with Crippen LogP contribution in [0.15, 0.2) is 56.2 Å². The maximum Gasteiger partial charge on any atom is 0.331 e. The zero-order valence-electron chi connectivity index (χ0n) is 26.8. The number of hydrogen-bond acceptors (Lipinski definition) is 10. The molecule has 0 radical (unpaired) electrons. The quantitative estimate of drug-likeness (QED) is 0.292. The second-order valence-corrected chi connectivity index (χ2v) is 12.2. The van der Waals surface area contributed by atoms with Crippen LogP contribution in [0.1, 0.15) is 45.2 Å². The van der Waals surface area contributed by atoms with Crippen LogP contribution in [0, 0.1) is 23.1 Å². The van der Waals surface area contributed by atoms with Crippen LogP contribution >= 0.6 is 0 Å². The molecule has 0 bridgehead atoms. The Morgan fingerprint density at radius 1 is 1.15 bits per heavy atom. The monoisotopic (exact) mass is 661 g/mol. The first-order valence-corrected chi connectivity index (χ1v) is 15.5. The van der Waals surface area contributed by atoms with E-state index in [1.807, 2.05) is 13.8 Å². The van der Waals surface area contributed by atoms with Crippen molar-refractivity contribution in [2.75, 3.05) is 31.6 Å². The lowest BCUT2D eigenvalue weighted by atomic mass is 10.1. The number of amides is 3. The molecule has 48 heavy (non-hydrogen) atoms. The number of anilines is 1. The van der Waals surface area contributed by atoms with Crippen molar-refractivity contribution in [1.82, 2.24) is 18.9 Å². The van der Waals surface area contributed by atoms with Gasteiger partial charge in [-0.2, -0.15) is 10.4 Å². The molecule has 15 nitrogen and oxygen atoms in total. The fourth-order valence-corrected chi connectivity index (χ4v) is 5.61. The number of nitrogens with one attached hydrogen (secondary N) is 1. The summed E-state index contributed by atoms with van der Waals surface area (Å²) in [6.45, 7) is 4.98. The summed E-state index contributed by atoms with van der Waals surface area (Å²) in [4.78, 5) is 67.3. The van der Waals surface area contributed by atoms with Crippen molar-refractivity contribution in [3.8, 4) is 6.07 Å². The Balaban J connectivity index is 1.36. The van der Waals surface area contributed by atoms with Gasteiger partial charge in [-0.15, -0.1) is 5.11 Å². The van der Waals surface area contributed by atoms with Crippen molar-refractivity contribution in [3.63, 3.8) is 0 Å². The topological polar surface area (TPSA) is 197 Å². The molecule has 2 aliphatic rings. The number of halogens is 1. The van der Waals surface area contributed by atoms with Gasteiger partial charge in [-0.25, -0.2) is 18.9 Å². The maximum absolute atomic E-state index is 14.1. The van der Waals surface area contributed by atoms with E-state index >= 15 is 0 Å². The molecule has 2 aromatic carbocycles. The zero-order valence-corrected chi connectivity index (χ0v) is 26.8. The molecule has 3 N–H and O–H groups in total. The van der Waals surface area contributed by atoms with Gasteiger partial charge in [-0.3, -0.25) is 23.5 Å². The normalized spacial score (nSPS) is 17.5. The number of rotatable bonds is 11. The van der Waals surface area contributed by atoms with Crippen molar-refractivity contribution >= 4 is 40.0 Å². The van der Waals surface area contributed by atoms with E-state index in [2.05, 4.69) is 15.5 Å². The SMILES string of the molecule is CC(=O)C1CN(C(=O)Nc2ccc3c(c2)c(=O)n(CC2CC2)c(=O)n3C(C)C)CCN1C(/N=N/c1ccc(C#N)c(F)c1)OCC(N)=O. The molecular weight excluding hydrogens is 625 g/mol. The molecule has 0 spiro atoms. The van der Waals surface area contributed by atoms with Crippen LogP contribution in [0.4, 0.5) is 20.6 Å². The third-order valence-electron chi connectivity index (χ3n) is 8.26. The van der Waals surface area contributed by atoms with Gasteiger partial charge < -0.3 is 20.7 Å². The number of hydrogen-bond donors (Lipinski definition) is 2. The number of Topliss-reactive ketones (excluding diaryl/α,β-unsaturated/α-hetero) is 1. The molecule has 5 rings (SSSR count). The number of benzene rings is 2. The van der Waals surface area contributed by atoms with Gasteiger partial charge in [0.2, 0.25) is 12.3 Å². The van der Waals surface area contributed by atoms with Crippen LogP contribution in [0.25, 0.3) is 10.9 Å². The Labute approximate surface area is 274 Å². The van der Waals surface area contributed by atoms with E-state index < -0.39 is 42.3 Å². The van der Waals surface area contributed by atoms with Gasteiger partial charge in [-0.05, 0) is 69.9 Å². The number of fused-ring (bicyclic) bond motifs is 1. The third-order valence-corrected chi connectivity index (χ3v) is 8.26. The minimum atomic E-state index is -1.29. The Morgan fingerprint density at radius 2 is 1.90 bits per heavy atom. The van der Waals surface area contributed by atoms with Gasteiger partial charge >= 0.3 is 11.7 Å². The van der Waals surface area contributed by atoms with E-state index in [-0.39, 0.29) is 48.4 Å². The van der Waals surface area contributed by atoms with Gasteiger partial charge in [0, 0.05) is 44.0 Å². The molecule has 1 aliphatic carbocycles. The molecule has 2 atom stereocenters. The summed E-state index contributed by atoms with van der Waals surface area (Å²) in [6.07, 6.45) is 0.648. The number of ether oxygens (including phenoxy) is 1. The Bertz CT molecular complexity index is 1940. The molecule has 1 aromatic heterocycles. The van der Waals surface area contributed by atoms with E-state index in [0.717, 1.165) is 18.9 Å². The van der Waals surface area contributed by atoms with Gasteiger partial charge in [-0.1, -0.05) is 0 Å². The van der Waals surface area contributed by atoms with E-state index in [0.29, 0.717) is 29.1 Å². The molecule has 1 aliphatic heterocycles. The third kappa shape index (κ3) is 7.48. The minimum Gasteiger partial charge on any atom is -0.368 e. The number of piperazine rings is 1. The number of ketones is 1. The second-order valence-electron chi connectivity index (χ2n) is 12.2. The summed E-state index contributed by atoms with van der Waals surface area (Å²) >= 11 is 0. The highest BCUT2D eigenvalue weighted by Crippen LogP contribution is 2.30. The Hall–Kier alpha value is -5.27. The lowest BCUT2D eigenvalue weighted by Gasteiger charge is -2.41. The molecule has 2 heterocycles. The maximum atomic E-state index is 14.1. The predicted octanol–water partition coefficient (Wildman–Crippen LogP) is 2.84. The van der Waals surface area contributed by atoms with Crippen LogP contribution in [0.3, 0.4) is 0 Å².